The van der Waals surface area contributed by atoms with Crippen molar-refractivity contribution in [3.8, 4) is 0 Å². The summed E-state index contributed by atoms with van der Waals surface area (Å²) < 4.78 is 1.52. The summed E-state index contributed by atoms with van der Waals surface area (Å²) in [7, 11) is 0. The summed E-state index contributed by atoms with van der Waals surface area (Å²) in [5.41, 5.74) is 0.392. The Kier molecular flexibility index (Phi) is 10.2. The second kappa shape index (κ2) is 10.4. The van der Waals surface area contributed by atoms with E-state index >= 15 is 0 Å². The predicted octanol–water partition coefficient (Wildman–Crippen LogP) is 3.93. The van der Waals surface area contributed by atoms with Gasteiger partial charge in [-0.15, -0.1) is 0 Å². The molecule has 1 aromatic rings. The Morgan fingerprint density at radius 3 is 2.05 bits per heavy atom. The van der Waals surface area contributed by atoms with E-state index in [1.165, 1.54) is 9.49 Å². The summed E-state index contributed by atoms with van der Waals surface area (Å²) in [6.07, 6.45) is 4.53. The molecule has 1 N–H and O–H groups in total. The number of hydrogen-bond acceptors (Lipinski definition) is 1. The quantitative estimate of drug-likeness (QED) is 0.546. The van der Waals surface area contributed by atoms with Gasteiger partial charge in [0.15, 0.2) is 0 Å². The molecule has 0 aromatic heterocycles. The van der Waals surface area contributed by atoms with Crippen LogP contribution in [0.2, 0.25) is 0 Å². The molecule has 2 nitrogen and oxygen atoms in total. The molecule has 0 aliphatic heterocycles. The van der Waals surface area contributed by atoms with Gasteiger partial charge in [0.2, 0.25) is 0 Å². The van der Waals surface area contributed by atoms with Crippen LogP contribution in [0.15, 0.2) is 30.3 Å². The van der Waals surface area contributed by atoms with Crippen LogP contribution in [0.25, 0.3) is 0 Å². The molecule has 0 saturated carbocycles. The fourth-order valence-electron chi connectivity index (χ4n) is 1.59. The van der Waals surface area contributed by atoms with Crippen molar-refractivity contribution in [1.82, 2.24) is 0 Å². The number of hydrogen-bond donors (Lipinski definition) is 1. The maximum absolute atomic E-state index is 10.2. The first-order chi connectivity index (χ1) is 8.81. The van der Waals surface area contributed by atoms with Crippen LogP contribution >= 0.6 is 0 Å². The molecule has 0 aliphatic rings. The van der Waals surface area contributed by atoms with Crippen LogP contribution in [0.4, 0.5) is 0 Å². The monoisotopic (exact) mass is 451 g/mol. The molecule has 0 amide bonds. The van der Waals surface area contributed by atoms with Crippen molar-refractivity contribution in [1.29, 1.82) is 0 Å². The summed E-state index contributed by atoms with van der Waals surface area (Å²) in [5.74, 6) is -0.675. The molecule has 0 aliphatic carbocycles. The molecule has 1 rings (SSSR count). The van der Waals surface area contributed by atoms with Gasteiger partial charge in [-0.05, 0) is 18.3 Å². The van der Waals surface area contributed by atoms with Crippen LogP contribution < -0.4 is 3.07 Å². The van der Waals surface area contributed by atoms with E-state index < -0.39 is 5.97 Å². The second-order valence-corrected chi connectivity index (χ2v) is 9.17. The van der Waals surface area contributed by atoms with Gasteiger partial charge in [0.1, 0.15) is 0 Å². The first-order valence-electron chi connectivity index (χ1n) is 6.90. The third-order valence-corrected chi connectivity index (χ3v) is 4.49. The van der Waals surface area contributed by atoms with Crippen molar-refractivity contribution >= 4 is 9.04 Å². The van der Waals surface area contributed by atoms with Gasteiger partial charge in [0.05, 0.1) is 0 Å². The number of unbranched alkanes of at least 4 members (excludes halogenated alkanes) is 2. The Morgan fingerprint density at radius 2 is 1.68 bits per heavy atom. The van der Waals surface area contributed by atoms with Gasteiger partial charge in [0.25, 0.3) is 0 Å². The van der Waals surface area contributed by atoms with Crippen molar-refractivity contribution in [3.05, 3.63) is 30.3 Å². The number of aliphatic carboxylic acids is 1. The van der Waals surface area contributed by atoms with E-state index in [9.17, 15) is 4.79 Å². The van der Waals surface area contributed by atoms with E-state index in [0.29, 0.717) is 11.8 Å². The minimum atomic E-state index is -0.675. The molecule has 19 heavy (non-hydrogen) atoms. The summed E-state index contributed by atoms with van der Waals surface area (Å²) in [5, 5.41) is 8.37. The fourth-order valence-corrected chi connectivity index (χ4v) is 2.64. The average molecular weight is 450 g/mol. The van der Waals surface area contributed by atoms with Gasteiger partial charge in [-0.3, -0.25) is 4.79 Å². The van der Waals surface area contributed by atoms with Crippen LogP contribution in [0.3, 0.4) is 0 Å². The number of carboxylic acid groups (broad SMARTS) is 1. The summed E-state index contributed by atoms with van der Waals surface area (Å²) in [6, 6.07) is 10.6. The zero-order chi connectivity index (χ0) is 14.7. The van der Waals surface area contributed by atoms with E-state index in [1.54, 1.807) is 0 Å². The summed E-state index contributed by atoms with van der Waals surface area (Å²) >= 11 is 0.810. The molecule has 3 heteroatoms. The van der Waals surface area contributed by atoms with Crippen LogP contribution in [-0.2, 0) is 30.9 Å². The molecule has 0 saturated heterocycles. The maximum atomic E-state index is 10.2. The van der Waals surface area contributed by atoms with Gasteiger partial charge >= 0.3 is 65.5 Å². The SMILES string of the molecule is CC(C)(C)CCCCCC(=O)O.[Hg][c]1ccccc1. The van der Waals surface area contributed by atoms with Gasteiger partial charge in [-0.1, -0.05) is 33.6 Å². The summed E-state index contributed by atoms with van der Waals surface area (Å²) in [6.45, 7) is 6.64. The first kappa shape index (κ1) is 18.6. The third-order valence-electron chi connectivity index (χ3n) is 2.66. The van der Waals surface area contributed by atoms with E-state index in [1.807, 2.05) is 0 Å². The van der Waals surface area contributed by atoms with Gasteiger partial charge < -0.3 is 5.11 Å². The van der Waals surface area contributed by atoms with Crippen molar-refractivity contribution in [2.75, 3.05) is 0 Å². The molecule has 103 valence electrons. The summed E-state index contributed by atoms with van der Waals surface area (Å²) in [4.78, 5) is 10.2. The Morgan fingerprint density at radius 1 is 1.11 bits per heavy atom. The zero-order valence-corrected chi connectivity index (χ0v) is 18.0. The predicted molar refractivity (Wildman–Crippen MR) is 76.3 cm³/mol. The van der Waals surface area contributed by atoms with E-state index in [0.717, 1.165) is 45.4 Å². The zero-order valence-electron chi connectivity index (χ0n) is 12.5. The van der Waals surface area contributed by atoms with Crippen LogP contribution in [0.5, 0.6) is 0 Å². The third kappa shape index (κ3) is 15.6. The standard InChI is InChI=1S/C10H20O2.C6H5.Hg/c1-10(2,3)8-6-4-5-7-9(11)12;1-2-4-6-5-3-1;/h4-8H2,1-3H3,(H,11,12);1-5H;. The average Bonchev–Trinajstić information content (AvgIpc) is 2.28. The molecule has 0 bridgehead atoms. The van der Waals surface area contributed by atoms with Gasteiger partial charge in [0, 0.05) is 6.42 Å². The normalized spacial score (nSPS) is 10.6. The Balaban J connectivity index is 0.000000388. The molecule has 0 radical (unpaired) electrons. The van der Waals surface area contributed by atoms with E-state index in [4.69, 9.17) is 5.11 Å². The van der Waals surface area contributed by atoms with E-state index in [2.05, 4.69) is 51.1 Å². The second-order valence-electron chi connectivity index (χ2n) is 6.00. The van der Waals surface area contributed by atoms with Crippen molar-refractivity contribution in [2.24, 2.45) is 5.41 Å². The fraction of sp³-hybridized carbons (Fsp3) is 0.562. The number of rotatable bonds is 5. The molecule has 0 atom stereocenters. The van der Waals surface area contributed by atoms with Crippen LogP contribution in [-0.4, -0.2) is 11.1 Å². The Labute approximate surface area is 133 Å². The molecule has 0 unspecified atom stereocenters. The van der Waals surface area contributed by atoms with Crippen molar-refractivity contribution in [3.63, 3.8) is 0 Å². The number of carbonyl (C=O) groups is 1. The Bertz CT molecular complexity index is 342. The first-order valence-corrected chi connectivity index (χ1v) is 9.65. The van der Waals surface area contributed by atoms with Crippen LogP contribution in [0, 0.1) is 5.41 Å². The van der Waals surface area contributed by atoms with Gasteiger partial charge in [-0.2, -0.15) is 0 Å². The molecule has 1 aromatic carbocycles. The molecule has 0 fully saturated rings. The number of carboxylic acids is 1. The van der Waals surface area contributed by atoms with Crippen LogP contribution in [0.1, 0.15) is 52.9 Å². The van der Waals surface area contributed by atoms with Crippen molar-refractivity contribution < 1.29 is 36.0 Å². The molecule has 0 spiro atoms. The molecular weight excluding hydrogens is 425 g/mol. The molecular formula is C16H25HgO2. The van der Waals surface area contributed by atoms with E-state index in [-0.39, 0.29) is 0 Å². The topological polar surface area (TPSA) is 37.3 Å². The van der Waals surface area contributed by atoms with Crippen molar-refractivity contribution in [2.45, 2.75) is 52.9 Å². The number of benzene rings is 1. The van der Waals surface area contributed by atoms with Gasteiger partial charge in [-0.25, -0.2) is 0 Å². The minimum absolute atomic E-state index is 0.324. The molecule has 0 heterocycles. The Hall–Kier alpha value is -0.375.